The van der Waals surface area contributed by atoms with E-state index < -0.39 is 17.4 Å². The van der Waals surface area contributed by atoms with Crippen LogP contribution < -0.4 is 0 Å². The summed E-state index contributed by atoms with van der Waals surface area (Å²) in [6.07, 6.45) is -0.00815. The first-order chi connectivity index (χ1) is 8.50. The molecule has 4 heteroatoms. The molecule has 0 fully saturated rings. The normalized spacial score (nSPS) is 12.2. The number of hydrogen-bond donors (Lipinski definition) is 2. The molecular formula is C14H23FO3. The van der Waals surface area contributed by atoms with Crippen molar-refractivity contribution in [2.75, 3.05) is 0 Å². The maximum Gasteiger partial charge on any atom is 0.340 e. The van der Waals surface area contributed by atoms with Gasteiger partial charge in [0, 0.05) is 0 Å². The molecule has 1 rings (SSSR count). The summed E-state index contributed by atoms with van der Waals surface area (Å²) < 4.78 is 12.8. The van der Waals surface area contributed by atoms with E-state index in [1.54, 1.807) is 0 Å². The molecule has 104 valence electrons. The van der Waals surface area contributed by atoms with Gasteiger partial charge in [-0.05, 0) is 24.1 Å². The van der Waals surface area contributed by atoms with Gasteiger partial charge in [0.2, 0.25) is 0 Å². The second-order valence-corrected chi connectivity index (χ2v) is 3.03. The fourth-order valence-electron chi connectivity index (χ4n) is 1.22. The van der Waals surface area contributed by atoms with Crippen molar-refractivity contribution in [1.82, 2.24) is 0 Å². The van der Waals surface area contributed by atoms with Crippen molar-refractivity contribution in [1.29, 1.82) is 0 Å². The molecule has 1 atom stereocenters. The summed E-state index contributed by atoms with van der Waals surface area (Å²) in [6, 6.07) is 4.98. The summed E-state index contributed by atoms with van der Waals surface area (Å²) in [5.74, 6) is -1.93. The van der Waals surface area contributed by atoms with Gasteiger partial charge in [-0.3, -0.25) is 0 Å². The van der Waals surface area contributed by atoms with E-state index in [9.17, 15) is 14.3 Å². The monoisotopic (exact) mass is 258 g/mol. The minimum atomic E-state index is -2.00. The van der Waals surface area contributed by atoms with Crippen LogP contribution in [0.3, 0.4) is 0 Å². The first kappa shape index (κ1) is 18.9. The summed E-state index contributed by atoms with van der Waals surface area (Å²) in [7, 11) is 0. The van der Waals surface area contributed by atoms with E-state index in [0.717, 1.165) is 6.07 Å². The van der Waals surface area contributed by atoms with Crippen molar-refractivity contribution in [3.8, 4) is 0 Å². The molecule has 0 saturated carbocycles. The van der Waals surface area contributed by atoms with Crippen LogP contribution in [0.25, 0.3) is 0 Å². The minimum absolute atomic E-state index is 0.00815. The van der Waals surface area contributed by atoms with Gasteiger partial charge < -0.3 is 10.2 Å². The molecular weight excluding hydrogens is 235 g/mol. The summed E-state index contributed by atoms with van der Waals surface area (Å²) in [5.41, 5.74) is -1.94. The van der Waals surface area contributed by atoms with Gasteiger partial charge in [-0.2, -0.15) is 0 Å². The number of carboxylic acids is 1. The van der Waals surface area contributed by atoms with Gasteiger partial charge >= 0.3 is 5.97 Å². The molecule has 0 saturated heterocycles. The predicted octanol–water partition coefficient (Wildman–Crippen LogP) is 3.56. The lowest BCUT2D eigenvalue weighted by atomic mass is 9.91. The van der Waals surface area contributed by atoms with Gasteiger partial charge in [0.25, 0.3) is 0 Å². The lowest BCUT2D eigenvalue weighted by molar-refractivity contribution is -0.160. The number of aliphatic carboxylic acids is 1. The Labute approximate surface area is 108 Å². The summed E-state index contributed by atoms with van der Waals surface area (Å²) in [4.78, 5) is 10.8. The van der Waals surface area contributed by atoms with E-state index in [4.69, 9.17) is 5.11 Å². The van der Waals surface area contributed by atoms with Crippen LogP contribution in [0.4, 0.5) is 4.39 Å². The average molecular weight is 258 g/mol. The van der Waals surface area contributed by atoms with Crippen molar-refractivity contribution in [2.45, 2.75) is 46.6 Å². The van der Waals surface area contributed by atoms with E-state index in [1.165, 1.54) is 25.1 Å². The van der Waals surface area contributed by atoms with Crippen molar-refractivity contribution >= 4 is 5.97 Å². The largest absolute Gasteiger partial charge is 0.479 e. The zero-order chi connectivity index (χ0) is 14.8. The smallest absolute Gasteiger partial charge is 0.340 e. The zero-order valence-corrected chi connectivity index (χ0v) is 11.7. The highest BCUT2D eigenvalue weighted by Crippen LogP contribution is 2.25. The van der Waals surface area contributed by atoms with Crippen LogP contribution in [0.1, 0.15) is 46.6 Å². The molecule has 1 aromatic carbocycles. The SMILES string of the molecule is CC.CC.CC[C@](O)(C(=O)O)c1cccc(F)c1. The van der Waals surface area contributed by atoms with Gasteiger partial charge in [0.05, 0.1) is 0 Å². The van der Waals surface area contributed by atoms with Crippen LogP contribution in [0, 0.1) is 5.82 Å². The third-order valence-corrected chi connectivity index (χ3v) is 2.17. The number of rotatable bonds is 3. The first-order valence-electron chi connectivity index (χ1n) is 6.22. The molecule has 0 unspecified atom stereocenters. The van der Waals surface area contributed by atoms with Gasteiger partial charge in [0.1, 0.15) is 5.82 Å². The number of carbonyl (C=O) groups is 1. The van der Waals surface area contributed by atoms with Gasteiger partial charge in [-0.25, -0.2) is 9.18 Å². The van der Waals surface area contributed by atoms with Crippen LogP contribution in [0.2, 0.25) is 0 Å². The Balaban J connectivity index is 0. The summed E-state index contributed by atoms with van der Waals surface area (Å²) in [6.45, 7) is 9.53. The van der Waals surface area contributed by atoms with Crippen molar-refractivity contribution in [2.24, 2.45) is 0 Å². The molecule has 1 aromatic rings. The average Bonchev–Trinajstić information content (AvgIpc) is 2.42. The van der Waals surface area contributed by atoms with E-state index in [-0.39, 0.29) is 12.0 Å². The Morgan fingerprint density at radius 3 is 2.11 bits per heavy atom. The van der Waals surface area contributed by atoms with Crippen LogP contribution in [0.5, 0.6) is 0 Å². The number of aliphatic hydroxyl groups is 1. The molecule has 0 bridgehead atoms. The standard InChI is InChI=1S/C10H11FO3.2C2H6/c1-2-10(14,9(12)13)7-4-3-5-8(11)6-7;2*1-2/h3-6,14H,2H2,1H3,(H,12,13);2*1-2H3/t10-;;/m1../s1. The van der Waals surface area contributed by atoms with E-state index in [2.05, 4.69) is 0 Å². The molecule has 3 nitrogen and oxygen atoms in total. The number of halogens is 1. The molecule has 0 aliphatic heterocycles. The third-order valence-electron chi connectivity index (χ3n) is 2.17. The topological polar surface area (TPSA) is 57.5 Å². The minimum Gasteiger partial charge on any atom is -0.479 e. The molecule has 0 aliphatic carbocycles. The van der Waals surface area contributed by atoms with Crippen LogP contribution in [-0.4, -0.2) is 16.2 Å². The maximum atomic E-state index is 12.8. The van der Waals surface area contributed by atoms with Crippen LogP contribution in [-0.2, 0) is 10.4 Å². The summed E-state index contributed by atoms with van der Waals surface area (Å²) in [5, 5.41) is 18.5. The summed E-state index contributed by atoms with van der Waals surface area (Å²) >= 11 is 0. The lowest BCUT2D eigenvalue weighted by Crippen LogP contribution is -2.34. The van der Waals surface area contributed by atoms with E-state index in [0.29, 0.717) is 0 Å². The molecule has 0 radical (unpaired) electrons. The predicted molar refractivity (Wildman–Crippen MR) is 70.9 cm³/mol. The van der Waals surface area contributed by atoms with Crippen molar-refractivity contribution < 1.29 is 19.4 Å². The molecule has 0 amide bonds. The molecule has 18 heavy (non-hydrogen) atoms. The molecule has 2 N–H and O–H groups in total. The van der Waals surface area contributed by atoms with Gasteiger partial charge in [-0.1, -0.05) is 46.8 Å². The zero-order valence-electron chi connectivity index (χ0n) is 11.7. The third kappa shape index (κ3) is 4.84. The number of hydrogen-bond acceptors (Lipinski definition) is 2. The Hall–Kier alpha value is -1.42. The lowest BCUT2D eigenvalue weighted by Gasteiger charge is -2.21. The molecule has 0 spiro atoms. The fraction of sp³-hybridized carbons (Fsp3) is 0.500. The second-order valence-electron chi connectivity index (χ2n) is 3.03. The van der Waals surface area contributed by atoms with E-state index >= 15 is 0 Å². The Morgan fingerprint density at radius 1 is 1.28 bits per heavy atom. The molecule has 0 heterocycles. The van der Waals surface area contributed by atoms with Crippen molar-refractivity contribution in [3.05, 3.63) is 35.6 Å². The number of carboxylic acid groups (broad SMARTS) is 1. The quantitative estimate of drug-likeness (QED) is 0.871. The van der Waals surface area contributed by atoms with Crippen molar-refractivity contribution in [3.63, 3.8) is 0 Å². The first-order valence-corrected chi connectivity index (χ1v) is 6.22. The van der Waals surface area contributed by atoms with E-state index in [1.807, 2.05) is 27.7 Å². The highest BCUT2D eigenvalue weighted by Gasteiger charge is 2.36. The Bertz CT molecular complexity index is 353. The van der Waals surface area contributed by atoms with Gasteiger partial charge in [-0.15, -0.1) is 0 Å². The molecule has 0 aliphatic rings. The Morgan fingerprint density at radius 2 is 1.78 bits per heavy atom. The fourth-order valence-corrected chi connectivity index (χ4v) is 1.22. The molecule has 0 aromatic heterocycles. The highest BCUT2D eigenvalue weighted by molar-refractivity contribution is 5.78. The highest BCUT2D eigenvalue weighted by atomic mass is 19.1. The van der Waals surface area contributed by atoms with Crippen LogP contribution >= 0.6 is 0 Å². The van der Waals surface area contributed by atoms with Crippen LogP contribution in [0.15, 0.2) is 24.3 Å². The maximum absolute atomic E-state index is 12.8. The van der Waals surface area contributed by atoms with Gasteiger partial charge in [0.15, 0.2) is 5.60 Å². The number of benzene rings is 1. The Kier molecular flexibility index (Phi) is 10.1. The second kappa shape index (κ2) is 9.59.